The number of rotatable bonds is 36. The van der Waals surface area contributed by atoms with Crippen LogP contribution in [0.25, 0.3) is 0 Å². The van der Waals surface area contributed by atoms with Gasteiger partial charge in [-0.1, -0.05) is 103 Å². The maximum Gasteiger partial charge on any atom is 0.222 e. The van der Waals surface area contributed by atoms with Crippen molar-refractivity contribution in [2.75, 3.05) is 160 Å². The molecule has 4 unspecified atom stereocenters. The third-order valence-electron chi connectivity index (χ3n) is 24.3. The van der Waals surface area contributed by atoms with E-state index >= 15 is 0 Å². The van der Waals surface area contributed by atoms with E-state index in [1.807, 2.05) is 20.9 Å². The fourth-order valence-electron chi connectivity index (χ4n) is 16.4. The van der Waals surface area contributed by atoms with E-state index in [1.165, 1.54) is 217 Å². The van der Waals surface area contributed by atoms with Crippen molar-refractivity contribution in [1.29, 1.82) is 0 Å². The van der Waals surface area contributed by atoms with Crippen molar-refractivity contribution in [3.8, 4) is 0 Å². The van der Waals surface area contributed by atoms with Crippen molar-refractivity contribution in [2.24, 2.45) is 41.4 Å². The summed E-state index contributed by atoms with van der Waals surface area (Å²) in [6.45, 7) is 82.5. The van der Waals surface area contributed by atoms with E-state index in [-0.39, 0.29) is 12.0 Å². The molecule has 0 aromatic carbocycles. The molecule has 0 bridgehead atoms. The number of ether oxygens (including phenoxy) is 12. The van der Waals surface area contributed by atoms with Crippen molar-refractivity contribution in [3.63, 3.8) is 0 Å². The second-order valence-electron chi connectivity index (χ2n) is 42.3. The Hall–Kier alpha value is -1.89. The predicted octanol–water partition coefficient (Wildman–Crippen LogP) is 24.2. The highest BCUT2D eigenvalue weighted by Gasteiger charge is 2.29. The Balaban J connectivity index is 0.00000137. The van der Waals surface area contributed by atoms with E-state index in [0.717, 1.165) is 134 Å². The zero-order valence-electron chi connectivity index (χ0n) is 89.8. The molecule has 6 saturated carbocycles. The van der Waals surface area contributed by atoms with Gasteiger partial charge in [0.2, 0.25) is 5.91 Å². The quantitative estimate of drug-likeness (QED) is 0.0547. The topological polar surface area (TPSA) is 147 Å². The summed E-state index contributed by atoms with van der Waals surface area (Å²) in [5.74, 6) is 5.89. The van der Waals surface area contributed by atoms with Crippen molar-refractivity contribution in [2.45, 2.75) is 470 Å². The van der Waals surface area contributed by atoms with Crippen LogP contribution in [0.2, 0.25) is 0 Å². The van der Waals surface area contributed by atoms with Crippen LogP contribution in [-0.2, 0) is 61.6 Å². The van der Waals surface area contributed by atoms with Crippen molar-refractivity contribution in [1.82, 2.24) is 29.4 Å². The van der Waals surface area contributed by atoms with Crippen molar-refractivity contribution >= 4 is 5.91 Å². The Morgan fingerprint density at radius 2 is 0.646 bits per heavy atom. The van der Waals surface area contributed by atoms with Crippen molar-refractivity contribution < 1.29 is 61.6 Å². The standard InChI is InChI=1S/C10H19NO.C10H18O.2C10H20O.C9H17NO2.2C9H19NO.C9H21NO.C9H18O.C8H17NO.C8H16O.C7H14O/c1-8(2)12-10-5-6-11(4)9(3)7-10;1-8(2)11-10-6-4-5-9(3)7-10;1-9(2)11-8-7-10-5-3-4-6-10;1-9(2)11-8-10-6-4-3-5-7-10;1-7(2)12-6-8-4-9(11)10(3)5-8;1-8(2)11-9-4-6-10(3)7-5-9;1-8(2)11-7-9-4-5-10(3)6-9;1-5-10(6-2)7-8-11-9(3)4;1-8(2)10-9-6-4-3-5-7-9;1-7(2)10-6-8-4-9(3)5-8;1-7(2)9-6-8-4-3-5-8;1-6(2)8-5-7-3-4-7/h8,10H,3,5-7H2,1-2,4H3;8,10H,3-7H2,1-2H3;2*9-10H,3-8H2,1-2H3;7-8H,4-6H2,1-3H3;2*8-9H,4-7H2,1-3H3;9H,5-8H2,1-4H3;8-9H,3-7H2,1-2H3;7-8H,4-6H2,1-3H3;7-8H,3-6H2,1-2H3;6-7H,3-5H2,1-2H3. The summed E-state index contributed by atoms with van der Waals surface area (Å²) in [6.07, 6.45) is 45.7. The van der Waals surface area contributed by atoms with Gasteiger partial charge in [-0.2, -0.15) is 0 Å². The molecule has 0 aromatic heterocycles. The lowest BCUT2D eigenvalue weighted by molar-refractivity contribution is -0.126. The Kier molecular flexibility index (Phi) is 77.0. The number of carbonyl (C=O) groups excluding carboxylic acids is 1. The number of likely N-dealkylation sites (N-methyl/N-ethyl adjacent to an activating group) is 1. The maximum absolute atomic E-state index is 11.1. The molecule has 11 rings (SSSR count). The van der Waals surface area contributed by atoms with E-state index in [1.54, 1.807) is 4.90 Å². The third kappa shape index (κ3) is 77.9. The highest BCUT2D eigenvalue weighted by atomic mass is 16.5. The van der Waals surface area contributed by atoms with Crippen LogP contribution in [0, 0.1) is 41.4 Å². The molecule has 127 heavy (non-hydrogen) atoms. The second-order valence-corrected chi connectivity index (χ2v) is 42.3. The second kappa shape index (κ2) is 78.2. The van der Waals surface area contributed by atoms with Gasteiger partial charge in [0.1, 0.15) is 0 Å². The molecule has 5 saturated heterocycles. The molecule has 11 aliphatic rings. The van der Waals surface area contributed by atoms with Gasteiger partial charge in [0.25, 0.3) is 0 Å². The van der Waals surface area contributed by atoms with E-state index in [9.17, 15) is 4.79 Å². The number of likely N-dealkylation sites (tertiary alicyclic amines) is 5. The van der Waals surface area contributed by atoms with E-state index in [4.69, 9.17) is 56.8 Å². The van der Waals surface area contributed by atoms with Crippen LogP contribution in [0.5, 0.6) is 0 Å². The first-order chi connectivity index (χ1) is 60.1. The molecule has 19 heteroatoms. The Morgan fingerprint density at radius 1 is 0.299 bits per heavy atom. The summed E-state index contributed by atoms with van der Waals surface area (Å²) < 4.78 is 66.6. The van der Waals surface area contributed by atoms with Crippen LogP contribution >= 0.6 is 0 Å². The Morgan fingerprint density at radius 3 is 1.02 bits per heavy atom. The molecule has 0 N–H and O–H groups in total. The van der Waals surface area contributed by atoms with E-state index in [2.05, 4.69) is 232 Å². The smallest absolute Gasteiger partial charge is 0.222 e. The maximum atomic E-state index is 11.1. The van der Waals surface area contributed by atoms with Gasteiger partial charge >= 0.3 is 0 Å². The summed E-state index contributed by atoms with van der Waals surface area (Å²) >= 11 is 0. The van der Waals surface area contributed by atoms with E-state index in [0.29, 0.717) is 111 Å². The summed E-state index contributed by atoms with van der Waals surface area (Å²) in [4.78, 5) is 24.5. The minimum absolute atomic E-state index is 0.243. The fourth-order valence-corrected chi connectivity index (χ4v) is 16.4. The van der Waals surface area contributed by atoms with Gasteiger partial charge in [-0.25, -0.2) is 0 Å². The summed E-state index contributed by atoms with van der Waals surface area (Å²) in [7, 11) is 10.4. The Labute approximate surface area is 788 Å². The minimum Gasteiger partial charge on any atom is -0.379 e. The lowest BCUT2D eigenvalue weighted by Gasteiger charge is -2.36. The lowest BCUT2D eigenvalue weighted by atomic mass is 9.86. The van der Waals surface area contributed by atoms with Gasteiger partial charge in [0, 0.05) is 123 Å². The SMILES string of the molecule is C=C1CC(OC(C)C)CCN1C.C=C1CCCC(OC(C)C)C1.CC(C)OC1CCCCC1.CC(C)OC1CCN(C)CC1.CC(C)OCC1CC(=O)N(C)C1.CC(C)OCC1CC1.CC(C)OCC1CCC1.CC(C)OCC1CCCCC1.CC(C)OCC1CCN(C)C1.CC(C)OCC1CN(C)C1.CC(C)OCCC1CCCC1.CCN(CC)CCOC(C)C. The number of piperidine rings is 2. The molecule has 6 aliphatic carbocycles. The summed E-state index contributed by atoms with van der Waals surface area (Å²) in [5.41, 5.74) is 2.56. The molecule has 0 aromatic rings. The number of nitrogens with zero attached hydrogens (tertiary/aromatic N) is 6. The summed E-state index contributed by atoms with van der Waals surface area (Å²) in [5, 5.41) is 0. The molecule has 1 amide bonds. The molecular weight excluding hydrogens is 1590 g/mol. The summed E-state index contributed by atoms with van der Waals surface area (Å²) in [6, 6.07) is 0. The van der Waals surface area contributed by atoms with Gasteiger partial charge in [0.15, 0.2) is 0 Å². The number of hydrogen-bond donors (Lipinski definition) is 0. The normalized spacial score (nSPS) is 21.9. The first-order valence-electron chi connectivity index (χ1n) is 52.7. The first-order valence-corrected chi connectivity index (χ1v) is 52.7. The monoisotopic (exact) mass is 1810 g/mol. The molecule has 4 atom stereocenters. The largest absolute Gasteiger partial charge is 0.379 e. The number of carbonyl (C=O) groups is 1. The van der Waals surface area contributed by atoms with Gasteiger partial charge in [-0.3, -0.25) is 4.79 Å². The predicted molar refractivity (Wildman–Crippen MR) is 541 cm³/mol. The minimum atomic E-state index is 0.243. The van der Waals surface area contributed by atoms with Gasteiger partial charge in [-0.15, -0.1) is 0 Å². The van der Waals surface area contributed by atoms with Gasteiger partial charge in [-0.05, 0) is 346 Å². The van der Waals surface area contributed by atoms with Crippen LogP contribution in [0.4, 0.5) is 0 Å². The molecule has 5 heterocycles. The van der Waals surface area contributed by atoms with E-state index < -0.39 is 0 Å². The lowest BCUT2D eigenvalue weighted by Crippen LogP contribution is -2.46. The average molecular weight is 1810 g/mol. The third-order valence-corrected chi connectivity index (χ3v) is 24.3. The average Bonchev–Trinajstić information content (AvgIpc) is 1.54. The van der Waals surface area contributed by atoms with Crippen LogP contribution in [0.15, 0.2) is 24.4 Å². The Bertz CT molecular complexity index is 2440. The van der Waals surface area contributed by atoms with Crippen LogP contribution in [0.1, 0.15) is 373 Å². The van der Waals surface area contributed by atoms with Crippen LogP contribution < -0.4 is 0 Å². The molecular formula is C108H218N6O13. The number of hydrogen-bond acceptors (Lipinski definition) is 18. The van der Waals surface area contributed by atoms with Gasteiger partial charge < -0.3 is 86.2 Å². The van der Waals surface area contributed by atoms with Crippen LogP contribution in [0.3, 0.4) is 0 Å². The molecule has 11 fully saturated rings. The first kappa shape index (κ1) is 125. The van der Waals surface area contributed by atoms with Crippen molar-refractivity contribution in [3.05, 3.63) is 24.4 Å². The highest BCUT2D eigenvalue weighted by molar-refractivity contribution is 5.78. The molecule has 0 spiro atoms. The molecule has 19 nitrogen and oxygen atoms in total. The number of amides is 1. The van der Waals surface area contributed by atoms with Gasteiger partial charge in [0.05, 0.1) is 124 Å². The van der Waals surface area contributed by atoms with Crippen LogP contribution in [-0.4, -0.2) is 293 Å². The highest BCUT2D eigenvalue weighted by Crippen LogP contribution is 2.32. The zero-order chi connectivity index (χ0) is 95.6. The molecule has 0 radical (unpaired) electrons. The zero-order valence-corrected chi connectivity index (χ0v) is 89.8. The molecule has 5 aliphatic heterocycles. The fraction of sp³-hybridized carbons (Fsp3) is 0.954. The molecule has 758 valence electrons.